The normalized spacial score (nSPS) is 17.3. The summed E-state index contributed by atoms with van der Waals surface area (Å²) in [6.07, 6.45) is 3.45. The fourth-order valence-electron chi connectivity index (χ4n) is 3.92. The van der Waals surface area contributed by atoms with Crippen LogP contribution < -0.4 is 4.74 Å². The first-order chi connectivity index (χ1) is 16.2. The predicted molar refractivity (Wildman–Crippen MR) is 127 cm³/mol. The van der Waals surface area contributed by atoms with Crippen LogP contribution in [0.3, 0.4) is 0 Å². The van der Waals surface area contributed by atoms with Crippen LogP contribution in [-0.4, -0.2) is 85.5 Å². The number of nitrogens with zero attached hydrogens (tertiary/aromatic N) is 3. The zero-order valence-electron chi connectivity index (χ0n) is 18.9. The molecule has 2 heterocycles. The predicted octanol–water partition coefficient (Wildman–Crippen LogP) is 2.28. The highest BCUT2D eigenvalue weighted by Gasteiger charge is 2.24. The van der Waals surface area contributed by atoms with Crippen LogP contribution in [0.25, 0.3) is 6.08 Å². The second-order valence-corrected chi connectivity index (χ2v) is 8.27. The third-order valence-electron chi connectivity index (χ3n) is 5.95. The quantitative estimate of drug-likeness (QED) is 0.607. The van der Waals surface area contributed by atoms with E-state index in [1.54, 1.807) is 6.08 Å². The zero-order chi connectivity index (χ0) is 22.9. The lowest BCUT2D eigenvalue weighted by molar-refractivity contribution is -0.137. The molecule has 2 aromatic carbocycles. The molecule has 33 heavy (non-hydrogen) atoms. The summed E-state index contributed by atoms with van der Waals surface area (Å²) < 4.78 is 11.1. The number of carbonyl (C=O) groups is 2. The number of carbonyl (C=O) groups excluding carboxylic acids is 2. The molecule has 0 spiro atoms. The van der Waals surface area contributed by atoms with E-state index in [1.165, 1.54) is 0 Å². The molecule has 2 aliphatic rings. The number of piperazine rings is 1. The van der Waals surface area contributed by atoms with Gasteiger partial charge in [0.15, 0.2) is 0 Å². The summed E-state index contributed by atoms with van der Waals surface area (Å²) in [5.74, 6) is 0.942. The van der Waals surface area contributed by atoms with Crippen molar-refractivity contribution >= 4 is 17.9 Å². The zero-order valence-corrected chi connectivity index (χ0v) is 18.9. The highest BCUT2D eigenvalue weighted by atomic mass is 16.5. The van der Waals surface area contributed by atoms with E-state index in [4.69, 9.17) is 9.47 Å². The van der Waals surface area contributed by atoms with E-state index >= 15 is 0 Å². The number of amides is 2. The Labute approximate surface area is 195 Å². The molecule has 2 amide bonds. The van der Waals surface area contributed by atoms with Gasteiger partial charge in [0.25, 0.3) is 0 Å². The van der Waals surface area contributed by atoms with Gasteiger partial charge in [-0.2, -0.15) is 0 Å². The van der Waals surface area contributed by atoms with Crippen LogP contribution in [0.15, 0.2) is 60.7 Å². The molecule has 174 valence electrons. The fourth-order valence-corrected chi connectivity index (χ4v) is 3.92. The molecule has 0 radical (unpaired) electrons. The Morgan fingerprint density at radius 1 is 0.848 bits per heavy atom. The van der Waals surface area contributed by atoms with Crippen molar-refractivity contribution in [2.24, 2.45) is 0 Å². The van der Waals surface area contributed by atoms with Crippen molar-refractivity contribution < 1.29 is 19.1 Å². The van der Waals surface area contributed by atoms with E-state index in [1.807, 2.05) is 70.5 Å². The largest absolute Gasteiger partial charge is 0.489 e. The Morgan fingerprint density at radius 2 is 1.55 bits per heavy atom. The number of ether oxygens (including phenoxy) is 2. The average Bonchev–Trinajstić information content (AvgIpc) is 2.88. The van der Waals surface area contributed by atoms with Crippen molar-refractivity contribution in [2.75, 3.05) is 59.0 Å². The number of hydrogen-bond acceptors (Lipinski definition) is 5. The van der Waals surface area contributed by atoms with Gasteiger partial charge in [-0.15, -0.1) is 0 Å². The number of rotatable bonds is 7. The number of benzene rings is 2. The summed E-state index contributed by atoms with van der Waals surface area (Å²) in [4.78, 5) is 30.8. The SMILES string of the molecule is O=C(/C=C/c1ccc(OCc2ccccc2)cc1)N1CCN(CC(=O)N2CCOCC2)CC1. The maximum Gasteiger partial charge on any atom is 0.246 e. The van der Waals surface area contributed by atoms with Gasteiger partial charge in [-0.25, -0.2) is 0 Å². The van der Waals surface area contributed by atoms with Gasteiger partial charge in [0.1, 0.15) is 12.4 Å². The van der Waals surface area contributed by atoms with Crippen LogP contribution in [0.2, 0.25) is 0 Å². The van der Waals surface area contributed by atoms with Crippen molar-refractivity contribution in [3.05, 3.63) is 71.8 Å². The van der Waals surface area contributed by atoms with Gasteiger partial charge in [-0.3, -0.25) is 14.5 Å². The molecular formula is C26H31N3O4. The molecule has 2 saturated heterocycles. The third kappa shape index (κ3) is 6.91. The first kappa shape index (κ1) is 23.0. The Kier molecular flexibility index (Phi) is 8.11. The summed E-state index contributed by atoms with van der Waals surface area (Å²) in [7, 11) is 0. The first-order valence-corrected chi connectivity index (χ1v) is 11.5. The van der Waals surface area contributed by atoms with Crippen molar-refractivity contribution in [2.45, 2.75) is 6.61 Å². The summed E-state index contributed by atoms with van der Waals surface area (Å²) >= 11 is 0. The topological polar surface area (TPSA) is 62.3 Å². The van der Waals surface area contributed by atoms with Crippen LogP contribution >= 0.6 is 0 Å². The molecule has 0 saturated carbocycles. The standard InChI is InChI=1S/C26H31N3O4/c30-25(28-14-12-27(13-15-28)20-26(31)29-16-18-32-19-17-29)11-8-22-6-9-24(10-7-22)33-21-23-4-2-1-3-5-23/h1-11H,12-21H2/b11-8+. The monoisotopic (exact) mass is 449 g/mol. The smallest absolute Gasteiger partial charge is 0.246 e. The van der Waals surface area contributed by atoms with Crippen molar-refractivity contribution in [3.8, 4) is 5.75 Å². The van der Waals surface area contributed by atoms with Crippen LogP contribution in [0.4, 0.5) is 0 Å². The Balaban J connectivity index is 1.19. The first-order valence-electron chi connectivity index (χ1n) is 11.5. The van der Waals surface area contributed by atoms with Gasteiger partial charge in [0.2, 0.25) is 11.8 Å². The van der Waals surface area contributed by atoms with Gasteiger partial charge in [-0.1, -0.05) is 42.5 Å². The molecule has 4 rings (SSSR count). The molecule has 0 atom stereocenters. The molecule has 2 aromatic rings. The molecular weight excluding hydrogens is 418 g/mol. The molecule has 0 bridgehead atoms. The van der Waals surface area contributed by atoms with E-state index in [-0.39, 0.29) is 11.8 Å². The van der Waals surface area contributed by atoms with Gasteiger partial charge in [-0.05, 0) is 29.3 Å². The summed E-state index contributed by atoms with van der Waals surface area (Å²) in [5.41, 5.74) is 2.07. The van der Waals surface area contributed by atoms with Gasteiger partial charge in [0, 0.05) is 45.3 Å². The highest BCUT2D eigenvalue weighted by molar-refractivity contribution is 5.91. The maximum atomic E-state index is 12.6. The van der Waals surface area contributed by atoms with E-state index in [9.17, 15) is 9.59 Å². The molecule has 0 N–H and O–H groups in total. The third-order valence-corrected chi connectivity index (χ3v) is 5.95. The summed E-state index contributed by atoms with van der Waals surface area (Å²) in [6, 6.07) is 17.8. The second-order valence-electron chi connectivity index (χ2n) is 8.27. The lowest BCUT2D eigenvalue weighted by atomic mass is 10.2. The Morgan fingerprint density at radius 3 is 2.24 bits per heavy atom. The van der Waals surface area contributed by atoms with E-state index in [0.717, 1.165) is 16.9 Å². The minimum absolute atomic E-state index is 0.00133. The lowest BCUT2D eigenvalue weighted by Gasteiger charge is -2.35. The average molecular weight is 450 g/mol. The molecule has 2 aliphatic heterocycles. The maximum absolute atomic E-state index is 12.6. The number of hydrogen-bond donors (Lipinski definition) is 0. The van der Waals surface area contributed by atoms with Crippen LogP contribution in [-0.2, 0) is 20.9 Å². The van der Waals surface area contributed by atoms with Gasteiger partial charge >= 0.3 is 0 Å². The van der Waals surface area contributed by atoms with E-state index in [0.29, 0.717) is 65.6 Å². The molecule has 7 heteroatoms. The summed E-state index contributed by atoms with van der Waals surface area (Å²) in [5, 5.41) is 0. The number of morpholine rings is 1. The molecule has 2 fully saturated rings. The fraction of sp³-hybridized carbons (Fsp3) is 0.385. The van der Waals surface area contributed by atoms with Crippen molar-refractivity contribution in [1.82, 2.24) is 14.7 Å². The minimum atomic E-state index is -0.00133. The van der Waals surface area contributed by atoms with Gasteiger partial charge in [0.05, 0.1) is 19.8 Å². The van der Waals surface area contributed by atoms with Crippen molar-refractivity contribution in [1.29, 1.82) is 0 Å². The summed E-state index contributed by atoms with van der Waals surface area (Å²) in [6.45, 7) is 6.19. The highest BCUT2D eigenvalue weighted by Crippen LogP contribution is 2.15. The molecule has 0 unspecified atom stereocenters. The van der Waals surface area contributed by atoms with E-state index in [2.05, 4.69) is 4.90 Å². The Hall–Kier alpha value is -3.16. The van der Waals surface area contributed by atoms with Crippen molar-refractivity contribution in [3.63, 3.8) is 0 Å². The van der Waals surface area contributed by atoms with Gasteiger partial charge < -0.3 is 19.3 Å². The van der Waals surface area contributed by atoms with Crippen LogP contribution in [0.1, 0.15) is 11.1 Å². The second kappa shape index (κ2) is 11.6. The van der Waals surface area contributed by atoms with E-state index < -0.39 is 0 Å². The molecule has 0 aromatic heterocycles. The minimum Gasteiger partial charge on any atom is -0.489 e. The van der Waals surface area contributed by atoms with Crippen LogP contribution in [0, 0.1) is 0 Å². The molecule has 0 aliphatic carbocycles. The van der Waals surface area contributed by atoms with Crippen LogP contribution in [0.5, 0.6) is 5.75 Å². The Bertz CT molecular complexity index is 932. The lowest BCUT2D eigenvalue weighted by Crippen LogP contribution is -2.52. The molecule has 7 nitrogen and oxygen atoms in total.